The number of likely N-dealkylation sites (N-methyl/N-ethyl adjacent to an activating group) is 1. The fraction of sp³-hybridized carbons (Fsp3) is 0.667. The van der Waals surface area contributed by atoms with E-state index >= 15 is 0 Å². The zero-order valence-corrected chi connectivity index (χ0v) is 13.4. The molecule has 2 atom stereocenters. The maximum absolute atomic E-state index is 6.31. The standard InChI is InChI=1S/C18H30N2/c1-4-15(3)13-20(5-2)18(14-19)12-8-10-16-9-6-7-11-17(16)18/h6-7,9,11,15H,4-5,8,10,12-14,19H2,1-3H3. The summed E-state index contributed by atoms with van der Waals surface area (Å²) in [6.07, 6.45) is 4.90. The van der Waals surface area contributed by atoms with Gasteiger partial charge in [-0.1, -0.05) is 51.5 Å². The predicted molar refractivity (Wildman–Crippen MR) is 86.8 cm³/mol. The van der Waals surface area contributed by atoms with Crippen LogP contribution in [0.2, 0.25) is 0 Å². The molecular formula is C18H30N2. The molecule has 2 unspecified atom stereocenters. The van der Waals surface area contributed by atoms with E-state index in [1.165, 1.54) is 36.8 Å². The Morgan fingerprint density at radius 1 is 1.30 bits per heavy atom. The van der Waals surface area contributed by atoms with Crippen molar-refractivity contribution in [3.05, 3.63) is 35.4 Å². The number of rotatable bonds is 6. The van der Waals surface area contributed by atoms with Crippen molar-refractivity contribution in [1.82, 2.24) is 4.90 Å². The number of nitrogens with two attached hydrogens (primary N) is 1. The average Bonchev–Trinajstić information content (AvgIpc) is 2.51. The van der Waals surface area contributed by atoms with E-state index in [1.807, 2.05) is 0 Å². The van der Waals surface area contributed by atoms with Crippen LogP contribution in [0.1, 0.15) is 51.2 Å². The van der Waals surface area contributed by atoms with E-state index in [0.29, 0.717) is 0 Å². The van der Waals surface area contributed by atoms with Crippen LogP contribution >= 0.6 is 0 Å². The van der Waals surface area contributed by atoms with Gasteiger partial charge in [0.05, 0.1) is 5.54 Å². The van der Waals surface area contributed by atoms with Gasteiger partial charge < -0.3 is 5.73 Å². The molecule has 1 aliphatic rings. The molecule has 0 fully saturated rings. The Bertz CT molecular complexity index is 429. The van der Waals surface area contributed by atoms with Crippen LogP contribution in [0.4, 0.5) is 0 Å². The van der Waals surface area contributed by atoms with E-state index in [9.17, 15) is 0 Å². The summed E-state index contributed by atoms with van der Waals surface area (Å²) in [6, 6.07) is 8.93. The summed E-state index contributed by atoms with van der Waals surface area (Å²) < 4.78 is 0. The number of hydrogen-bond donors (Lipinski definition) is 1. The normalized spacial score (nSPS) is 23.6. The lowest BCUT2D eigenvalue weighted by Gasteiger charge is -2.47. The van der Waals surface area contributed by atoms with Gasteiger partial charge >= 0.3 is 0 Å². The topological polar surface area (TPSA) is 29.3 Å². The van der Waals surface area contributed by atoms with Gasteiger partial charge in [0.2, 0.25) is 0 Å². The molecule has 0 aliphatic heterocycles. The van der Waals surface area contributed by atoms with Gasteiger partial charge in [-0.05, 0) is 42.9 Å². The maximum atomic E-state index is 6.31. The molecule has 112 valence electrons. The molecule has 1 aliphatic carbocycles. The molecule has 1 aromatic rings. The van der Waals surface area contributed by atoms with Crippen molar-refractivity contribution in [3.63, 3.8) is 0 Å². The summed E-state index contributed by atoms with van der Waals surface area (Å²) >= 11 is 0. The third-order valence-corrected chi connectivity index (χ3v) is 5.11. The summed E-state index contributed by atoms with van der Waals surface area (Å²) in [5, 5.41) is 0. The van der Waals surface area contributed by atoms with E-state index in [0.717, 1.165) is 25.6 Å². The number of fused-ring (bicyclic) bond motifs is 1. The molecule has 0 aromatic heterocycles. The lowest BCUT2D eigenvalue weighted by molar-refractivity contribution is 0.0643. The number of hydrogen-bond acceptors (Lipinski definition) is 2. The van der Waals surface area contributed by atoms with Crippen LogP contribution in [0.25, 0.3) is 0 Å². The molecule has 0 amide bonds. The second-order valence-corrected chi connectivity index (χ2v) is 6.30. The summed E-state index contributed by atoms with van der Waals surface area (Å²) in [5.41, 5.74) is 9.36. The second kappa shape index (κ2) is 6.73. The largest absolute Gasteiger partial charge is 0.328 e. The van der Waals surface area contributed by atoms with Crippen molar-refractivity contribution in [2.45, 2.75) is 52.0 Å². The van der Waals surface area contributed by atoms with Gasteiger partial charge in [0.1, 0.15) is 0 Å². The molecule has 0 saturated heterocycles. The fourth-order valence-corrected chi connectivity index (χ4v) is 3.68. The highest BCUT2D eigenvalue weighted by molar-refractivity contribution is 5.36. The Labute approximate surface area is 124 Å². The highest BCUT2D eigenvalue weighted by atomic mass is 15.2. The minimum Gasteiger partial charge on any atom is -0.328 e. The van der Waals surface area contributed by atoms with E-state index in [2.05, 4.69) is 49.9 Å². The van der Waals surface area contributed by atoms with Crippen molar-refractivity contribution >= 4 is 0 Å². The Balaban J connectivity index is 2.38. The zero-order valence-electron chi connectivity index (χ0n) is 13.4. The SMILES string of the molecule is CCC(C)CN(CC)C1(CN)CCCc2ccccc21. The monoisotopic (exact) mass is 274 g/mol. The van der Waals surface area contributed by atoms with Gasteiger partial charge in [-0.2, -0.15) is 0 Å². The average molecular weight is 274 g/mol. The maximum Gasteiger partial charge on any atom is 0.0586 e. The van der Waals surface area contributed by atoms with Crippen LogP contribution < -0.4 is 5.73 Å². The van der Waals surface area contributed by atoms with Gasteiger partial charge in [0.25, 0.3) is 0 Å². The lowest BCUT2D eigenvalue weighted by Crippen LogP contribution is -2.54. The van der Waals surface area contributed by atoms with Crippen LogP contribution in [0, 0.1) is 5.92 Å². The van der Waals surface area contributed by atoms with Crippen molar-refractivity contribution in [2.24, 2.45) is 11.7 Å². The molecular weight excluding hydrogens is 244 g/mol. The van der Waals surface area contributed by atoms with E-state index < -0.39 is 0 Å². The lowest BCUT2D eigenvalue weighted by atomic mass is 9.75. The Morgan fingerprint density at radius 2 is 2.05 bits per heavy atom. The van der Waals surface area contributed by atoms with Crippen LogP contribution in [0.3, 0.4) is 0 Å². The first-order valence-electron chi connectivity index (χ1n) is 8.21. The molecule has 0 heterocycles. The van der Waals surface area contributed by atoms with E-state index in [-0.39, 0.29) is 5.54 Å². The Hall–Kier alpha value is -0.860. The fourth-order valence-electron chi connectivity index (χ4n) is 3.68. The van der Waals surface area contributed by atoms with Crippen molar-refractivity contribution in [2.75, 3.05) is 19.6 Å². The summed E-state index contributed by atoms with van der Waals surface area (Å²) in [6.45, 7) is 9.86. The number of aryl methyl sites for hydroxylation is 1. The first-order valence-corrected chi connectivity index (χ1v) is 8.21. The molecule has 2 N–H and O–H groups in total. The van der Waals surface area contributed by atoms with Crippen molar-refractivity contribution < 1.29 is 0 Å². The summed E-state index contributed by atoms with van der Waals surface area (Å²) in [7, 11) is 0. The molecule has 20 heavy (non-hydrogen) atoms. The van der Waals surface area contributed by atoms with Crippen LogP contribution in [0.5, 0.6) is 0 Å². The highest BCUT2D eigenvalue weighted by Gasteiger charge is 2.40. The molecule has 2 heteroatoms. The Kier molecular flexibility index (Phi) is 5.22. The smallest absolute Gasteiger partial charge is 0.0586 e. The first-order chi connectivity index (χ1) is 9.67. The zero-order chi connectivity index (χ0) is 14.6. The van der Waals surface area contributed by atoms with Gasteiger partial charge in [0.15, 0.2) is 0 Å². The van der Waals surface area contributed by atoms with Crippen molar-refractivity contribution in [3.8, 4) is 0 Å². The molecule has 0 saturated carbocycles. The van der Waals surface area contributed by atoms with E-state index in [4.69, 9.17) is 5.73 Å². The van der Waals surface area contributed by atoms with Gasteiger partial charge in [-0.15, -0.1) is 0 Å². The minimum atomic E-state index is 0.0625. The third kappa shape index (κ3) is 2.77. The molecule has 0 spiro atoms. The molecule has 1 aromatic carbocycles. The number of nitrogens with zero attached hydrogens (tertiary/aromatic N) is 1. The summed E-state index contributed by atoms with van der Waals surface area (Å²) in [4.78, 5) is 2.64. The minimum absolute atomic E-state index is 0.0625. The summed E-state index contributed by atoms with van der Waals surface area (Å²) in [5.74, 6) is 0.729. The van der Waals surface area contributed by atoms with Gasteiger partial charge in [-0.3, -0.25) is 4.90 Å². The van der Waals surface area contributed by atoms with Crippen LogP contribution in [-0.4, -0.2) is 24.5 Å². The quantitative estimate of drug-likeness (QED) is 0.859. The van der Waals surface area contributed by atoms with Crippen LogP contribution in [-0.2, 0) is 12.0 Å². The van der Waals surface area contributed by atoms with Crippen LogP contribution in [0.15, 0.2) is 24.3 Å². The highest BCUT2D eigenvalue weighted by Crippen LogP contribution is 2.39. The number of benzene rings is 1. The van der Waals surface area contributed by atoms with Gasteiger partial charge in [-0.25, -0.2) is 0 Å². The van der Waals surface area contributed by atoms with Crippen molar-refractivity contribution in [1.29, 1.82) is 0 Å². The molecule has 0 bridgehead atoms. The molecule has 0 radical (unpaired) electrons. The molecule has 2 nitrogen and oxygen atoms in total. The van der Waals surface area contributed by atoms with Gasteiger partial charge in [0, 0.05) is 13.1 Å². The first kappa shape index (κ1) is 15.5. The molecule has 2 rings (SSSR count). The predicted octanol–water partition coefficient (Wildman–Crippen LogP) is 3.54. The van der Waals surface area contributed by atoms with E-state index in [1.54, 1.807) is 0 Å². The second-order valence-electron chi connectivity index (χ2n) is 6.30. The Morgan fingerprint density at radius 3 is 2.70 bits per heavy atom. The third-order valence-electron chi connectivity index (χ3n) is 5.11.